The van der Waals surface area contributed by atoms with Crippen molar-refractivity contribution < 1.29 is 0 Å². The van der Waals surface area contributed by atoms with Gasteiger partial charge in [-0.25, -0.2) is 0 Å². The van der Waals surface area contributed by atoms with Gasteiger partial charge in [-0.05, 0) is 44.1 Å². The third-order valence-electron chi connectivity index (χ3n) is 3.55. The standard InChI is InChI=1S/C13H23N3/c1-11-3-5-13(6-4-11)14-7-8-16-10-12(2)9-15-16/h9-11,13-14H,3-8H2,1-2H3. The van der Waals surface area contributed by atoms with Crippen LogP contribution in [0.5, 0.6) is 0 Å². The molecular weight excluding hydrogens is 198 g/mol. The van der Waals surface area contributed by atoms with Gasteiger partial charge in [-0.1, -0.05) is 6.92 Å². The normalized spacial score (nSPS) is 25.9. The molecule has 1 aromatic rings. The highest BCUT2D eigenvalue weighted by molar-refractivity contribution is 4.99. The topological polar surface area (TPSA) is 29.9 Å². The van der Waals surface area contributed by atoms with Gasteiger partial charge in [0.25, 0.3) is 0 Å². The number of aryl methyl sites for hydroxylation is 1. The molecular formula is C13H23N3. The van der Waals surface area contributed by atoms with Gasteiger partial charge in [0.1, 0.15) is 0 Å². The molecule has 1 heterocycles. The lowest BCUT2D eigenvalue weighted by molar-refractivity contribution is 0.304. The van der Waals surface area contributed by atoms with Gasteiger partial charge in [-0.15, -0.1) is 0 Å². The first kappa shape index (κ1) is 11.6. The van der Waals surface area contributed by atoms with Crippen molar-refractivity contribution >= 4 is 0 Å². The number of nitrogens with one attached hydrogen (secondary N) is 1. The van der Waals surface area contributed by atoms with Gasteiger partial charge in [0.15, 0.2) is 0 Å². The summed E-state index contributed by atoms with van der Waals surface area (Å²) in [5, 5.41) is 7.93. The van der Waals surface area contributed by atoms with E-state index in [9.17, 15) is 0 Å². The number of hydrogen-bond acceptors (Lipinski definition) is 2. The quantitative estimate of drug-likeness (QED) is 0.846. The molecule has 3 heteroatoms. The van der Waals surface area contributed by atoms with Crippen LogP contribution in [0.2, 0.25) is 0 Å². The second-order valence-corrected chi connectivity index (χ2v) is 5.19. The Morgan fingerprint density at radius 3 is 2.75 bits per heavy atom. The number of hydrogen-bond donors (Lipinski definition) is 1. The second-order valence-electron chi connectivity index (χ2n) is 5.19. The summed E-state index contributed by atoms with van der Waals surface area (Å²) in [5.41, 5.74) is 1.24. The lowest BCUT2D eigenvalue weighted by atomic mass is 9.87. The van der Waals surface area contributed by atoms with Crippen LogP contribution in [-0.2, 0) is 6.54 Å². The molecule has 2 rings (SSSR count). The van der Waals surface area contributed by atoms with Crippen LogP contribution >= 0.6 is 0 Å². The van der Waals surface area contributed by atoms with Gasteiger partial charge in [0.2, 0.25) is 0 Å². The molecule has 0 unspecified atom stereocenters. The zero-order valence-electron chi connectivity index (χ0n) is 10.4. The molecule has 0 atom stereocenters. The van der Waals surface area contributed by atoms with E-state index in [1.54, 1.807) is 0 Å². The van der Waals surface area contributed by atoms with Gasteiger partial charge in [0.05, 0.1) is 12.7 Å². The number of rotatable bonds is 4. The molecule has 90 valence electrons. The first-order valence-corrected chi connectivity index (χ1v) is 6.46. The summed E-state index contributed by atoms with van der Waals surface area (Å²) in [6.45, 7) is 6.47. The molecule has 0 aromatic carbocycles. The predicted octanol–water partition coefficient (Wildman–Crippen LogP) is 2.36. The molecule has 0 spiro atoms. The predicted molar refractivity (Wildman–Crippen MR) is 66.4 cm³/mol. The van der Waals surface area contributed by atoms with E-state index >= 15 is 0 Å². The van der Waals surface area contributed by atoms with Crippen molar-refractivity contribution in [1.29, 1.82) is 0 Å². The number of nitrogens with zero attached hydrogens (tertiary/aromatic N) is 2. The average molecular weight is 221 g/mol. The van der Waals surface area contributed by atoms with Gasteiger partial charge < -0.3 is 5.32 Å². The van der Waals surface area contributed by atoms with Crippen molar-refractivity contribution in [2.45, 2.75) is 52.1 Å². The van der Waals surface area contributed by atoms with Crippen molar-refractivity contribution in [3.63, 3.8) is 0 Å². The molecule has 0 amide bonds. The molecule has 0 radical (unpaired) electrons. The monoisotopic (exact) mass is 221 g/mol. The van der Waals surface area contributed by atoms with Crippen molar-refractivity contribution in [3.8, 4) is 0 Å². The molecule has 3 nitrogen and oxygen atoms in total. The summed E-state index contributed by atoms with van der Waals surface area (Å²) in [6, 6.07) is 0.743. The average Bonchev–Trinajstić information content (AvgIpc) is 2.67. The fraction of sp³-hybridized carbons (Fsp3) is 0.769. The first-order chi connectivity index (χ1) is 7.74. The SMILES string of the molecule is Cc1cnn(CCNC2CCC(C)CC2)c1. The van der Waals surface area contributed by atoms with E-state index in [0.717, 1.165) is 25.0 Å². The Morgan fingerprint density at radius 2 is 2.12 bits per heavy atom. The highest BCUT2D eigenvalue weighted by atomic mass is 15.3. The molecule has 1 N–H and O–H groups in total. The molecule has 0 aliphatic heterocycles. The Bertz CT molecular complexity index is 311. The van der Waals surface area contributed by atoms with Crippen molar-refractivity contribution in [2.75, 3.05) is 6.54 Å². The maximum absolute atomic E-state index is 4.29. The van der Waals surface area contributed by atoms with Gasteiger partial charge in [-0.3, -0.25) is 4.68 Å². The largest absolute Gasteiger partial charge is 0.312 e. The van der Waals surface area contributed by atoms with E-state index in [2.05, 4.69) is 30.5 Å². The van der Waals surface area contributed by atoms with E-state index in [4.69, 9.17) is 0 Å². The van der Waals surface area contributed by atoms with Crippen molar-refractivity contribution in [3.05, 3.63) is 18.0 Å². The summed E-state index contributed by atoms with van der Waals surface area (Å²) in [4.78, 5) is 0. The zero-order valence-corrected chi connectivity index (χ0v) is 10.4. The van der Waals surface area contributed by atoms with E-state index in [1.165, 1.54) is 31.2 Å². The van der Waals surface area contributed by atoms with Gasteiger partial charge in [-0.2, -0.15) is 5.10 Å². The molecule has 1 aromatic heterocycles. The highest BCUT2D eigenvalue weighted by Gasteiger charge is 2.16. The van der Waals surface area contributed by atoms with Crippen molar-refractivity contribution in [1.82, 2.24) is 15.1 Å². The Hall–Kier alpha value is -0.830. The maximum atomic E-state index is 4.29. The molecule has 1 aliphatic carbocycles. The van der Waals surface area contributed by atoms with Crippen LogP contribution in [0.15, 0.2) is 12.4 Å². The maximum Gasteiger partial charge on any atom is 0.0534 e. The Labute approximate surface area is 98.2 Å². The van der Waals surface area contributed by atoms with Crippen LogP contribution in [0.1, 0.15) is 38.2 Å². The summed E-state index contributed by atoms with van der Waals surface area (Å²) in [5.74, 6) is 0.937. The summed E-state index contributed by atoms with van der Waals surface area (Å²) < 4.78 is 2.02. The van der Waals surface area contributed by atoms with Gasteiger partial charge >= 0.3 is 0 Å². The summed E-state index contributed by atoms with van der Waals surface area (Å²) in [6.07, 6.45) is 9.49. The van der Waals surface area contributed by atoms with Crippen molar-refractivity contribution in [2.24, 2.45) is 5.92 Å². The van der Waals surface area contributed by atoms with E-state index in [0.29, 0.717) is 0 Å². The van der Waals surface area contributed by atoms with E-state index in [1.807, 2.05) is 10.9 Å². The van der Waals surface area contributed by atoms with Crippen LogP contribution in [0.25, 0.3) is 0 Å². The van der Waals surface area contributed by atoms with Crippen LogP contribution in [0, 0.1) is 12.8 Å². The molecule has 0 bridgehead atoms. The summed E-state index contributed by atoms with van der Waals surface area (Å²) >= 11 is 0. The third-order valence-corrected chi connectivity index (χ3v) is 3.55. The summed E-state index contributed by atoms with van der Waals surface area (Å²) in [7, 11) is 0. The van der Waals surface area contributed by atoms with E-state index < -0.39 is 0 Å². The minimum Gasteiger partial charge on any atom is -0.312 e. The molecule has 0 saturated heterocycles. The molecule has 1 aliphatic rings. The fourth-order valence-electron chi connectivity index (χ4n) is 2.44. The smallest absolute Gasteiger partial charge is 0.0534 e. The highest BCUT2D eigenvalue weighted by Crippen LogP contribution is 2.23. The van der Waals surface area contributed by atoms with E-state index in [-0.39, 0.29) is 0 Å². The minimum absolute atomic E-state index is 0.743. The molecule has 1 fully saturated rings. The van der Waals surface area contributed by atoms with Crippen LogP contribution in [-0.4, -0.2) is 22.4 Å². The Kier molecular flexibility index (Phi) is 3.99. The fourth-order valence-corrected chi connectivity index (χ4v) is 2.44. The number of aromatic nitrogens is 2. The lowest BCUT2D eigenvalue weighted by Crippen LogP contribution is -2.34. The second kappa shape index (κ2) is 5.48. The first-order valence-electron chi connectivity index (χ1n) is 6.46. The van der Waals surface area contributed by atoms with Crippen LogP contribution in [0.3, 0.4) is 0 Å². The minimum atomic E-state index is 0.743. The lowest BCUT2D eigenvalue weighted by Gasteiger charge is -2.27. The third kappa shape index (κ3) is 3.34. The molecule has 16 heavy (non-hydrogen) atoms. The Balaban J connectivity index is 1.64. The van der Waals surface area contributed by atoms with Crippen LogP contribution < -0.4 is 5.32 Å². The Morgan fingerprint density at radius 1 is 1.38 bits per heavy atom. The van der Waals surface area contributed by atoms with Crippen LogP contribution in [0.4, 0.5) is 0 Å². The zero-order chi connectivity index (χ0) is 11.4. The van der Waals surface area contributed by atoms with Gasteiger partial charge in [0, 0.05) is 18.8 Å². The molecule has 1 saturated carbocycles.